The zero-order chi connectivity index (χ0) is 19.4. The van der Waals surface area contributed by atoms with Gasteiger partial charge in [-0.05, 0) is 35.9 Å². The van der Waals surface area contributed by atoms with Gasteiger partial charge in [-0.3, -0.25) is 4.79 Å². The molecule has 3 rings (SSSR count). The van der Waals surface area contributed by atoms with Crippen molar-refractivity contribution in [2.24, 2.45) is 0 Å². The Labute approximate surface area is 155 Å². The van der Waals surface area contributed by atoms with Gasteiger partial charge in [-0.15, -0.1) is 0 Å². The maximum Gasteiger partial charge on any atom is 0.371 e. The highest BCUT2D eigenvalue weighted by atomic mass is 16.5. The zero-order valence-corrected chi connectivity index (χ0v) is 14.4. The number of rotatable bonds is 6. The first-order valence-electron chi connectivity index (χ1n) is 8.01. The number of methoxy groups -OCH3 is 1. The van der Waals surface area contributed by atoms with Gasteiger partial charge in [-0.25, -0.2) is 4.79 Å². The number of benzene rings is 2. The molecular formula is C21H16O6. The van der Waals surface area contributed by atoms with Crippen molar-refractivity contribution < 1.29 is 29.0 Å². The summed E-state index contributed by atoms with van der Waals surface area (Å²) in [6, 6.07) is 14.4. The molecule has 0 aliphatic rings. The van der Waals surface area contributed by atoms with Crippen LogP contribution < -0.4 is 4.74 Å². The molecule has 6 nitrogen and oxygen atoms in total. The van der Waals surface area contributed by atoms with Crippen molar-refractivity contribution in [1.29, 1.82) is 0 Å². The smallest absolute Gasteiger partial charge is 0.371 e. The molecule has 1 aromatic heterocycles. The van der Waals surface area contributed by atoms with E-state index in [0.29, 0.717) is 28.2 Å². The van der Waals surface area contributed by atoms with Gasteiger partial charge in [0.15, 0.2) is 17.3 Å². The highest BCUT2D eigenvalue weighted by molar-refractivity contribution is 6.07. The minimum atomic E-state index is -1.14. The Morgan fingerprint density at radius 3 is 2.41 bits per heavy atom. The van der Waals surface area contributed by atoms with E-state index in [1.54, 1.807) is 48.5 Å². The number of furan rings is 1. The number of carboxylic acids is 1. The number of hydrogen-bond donors (Lipinski definition) is 2. The van der Waals surface area contributed by atoms with Crippen LogP contribution in [-0.4, -0.2) is 29.1 Å². The second-order valence-electron chi connectivity index (χ2n) is 5.68. The van der Waals surface area contributed by atoms with Crippen molar-refractivity contribution in [1.82, 2.24) is 0 Å². The lowest BCUT2D eigenvalue weighted by atomic mass is 10.1. The molecular weight excluding hydrogens is 348 g/mol. The molecule has 0 fully saturated rings. The number of phenols is 1. The number of allylic oxidation sites excluding steroid dienone is 1. The molecule has 3 aromatic rings. The Hall–Kier alpha value is -3.80. The zero-order valence-electron chi connectivity index (χ0n) is 14.4. The van der Waals surface area contributed by atoms with Crippen molar-refractivity contribution in [2.45, 2.75) is 0 Å². The number of phenolic OH excluding ortho intramolecular Hbond substituents is 1. The minimum absolute atomic E-state index is 0.0283. The van der Waals surface area contributed by atoms with Crippen molar-refractivity contribution in [3.8, 4) is 22.8 Å². The van der Waals surface area contributed by atoms with Crippen LogP contribution in [0.15, 0.2) is 65.1 Å². The predicted molar refractivity (Wildman–Crippen MR) is 99.1 cm³/mol. The molecule has 0 saturated carbocycles. The first-order valence-corrected chi connectivity index (χ1v) is 8.01. The normalized spacial score (nSPS) is 10.9. The number of carbonyl (C=O) groups is 2. The third-order valence-electron chi connectivity index (χ3n) is 3.90. The maximum atomic E-state index is 12.3. The number of ether oxygens (including phenoxy) is 1. The number of carboxylic acid groups (broad SMARTS) is 1. The van der Waals surface area contributed by atoms with Crippen LogP contribution in [0.3, 0.4) is 0 Å². The molecule has 0 unspecified atom stereocenters. The highest BCUT2D eigenvalue weighted by Gasteiger charge is 2.11. The van der Waals surface area contributed by atoms with Crippen LogP contribution in [0.25, 0.3) is 17.4 Å². The summed E-state index contributed by atoms with van der Waals surface area (Å²) in [6.45, 7) is 0. The fraction of sp³-hybridized carbons (Fsp3) is 0.0476. The lowest BCUT2D eigenvalue weighted by Crippen LogP contribution is -1.94. The van der Waals surface area contributed by atoms with E-state index < -0.39 is 5.97 Å². The van der Waals surface area contributed by atoms with Gasteiger partial charge in [0.25, 0.3) is 0 Å². The SMILES string of the molecule is COc1cc(/C=C/C(=O)c2ccc(-c3ccc(C(=O)O)o3)cc2)ccc1O. The van der Waals surface area contributed by atoms with Crippen molar-refractivity contribution >= 4 is 17.8 Å². The van der Waals surface area contributed by atoms with Crippen LogP contribution >= 0.6 is 0 Å². The van der Waals surface area contributed by atoms with Crippen LogP contribution in [0, 0.1) is 0 Å². The molecule has 0 atom stereocenters. The largest absolute Gasteiger partial charge is 0.504 e. The lowest BCUT2D eigenvalue weighted by Gasteiger charge is -2.03. The third kappa shape index (κ3) is 4.07. The molecule has 0 amide bonds. The molecule has 27 heavy (non-hydrogen) atoms. The first-order chi connectivity index (χ1) is 13.0. The fourth-order valence-electron chi connectivity index (χ4n) is 2.47. The molecule has 0 saturated heterocycles. The van der Waals surface area contributed by atoms with Crippen LogP contribution in [0.1, 0.15) is 26.5 Å². The summed E-state index contributed by atoms with van der Waals surface area (Å²) in [4.78, 5) is 23.2. The minimum Gasteiger partial charge on any atom is -0.504 e. The molecule has 136 valence electrons. The number of ketones is 1. The Kier molecular flexibility index (Phi) is 5.08. The first kappa shape index (κ1) is 18.0. The van der Waals surface area contributed by atoms with Gasteiger partial charge in [0, 0.05) is 11.1 Å². The molecule has 0 aliphatic heterocycles. The van der Waals surface area contributed by atoms with E-state index >= 15 is 0 Å². The van der Waals surface area contributed by atoms with Crippen LogP contribution in [-0.2, 0) is 0 Å². The van der Waals surface area contributed by atoms with Gasteiger partial charge in [0.05, 0.1) is 7.11 Å². The third-order valence-corrected chi connectivity index (χ3v) is 3.90. The monoisotopic (exact) mass is 364 g/mol. The highest BCUT2D eigenvalue weighted by Crippen LogP contribution is 2.27. The number of hydrogen-bond acceptors (Lipinski definition) is 5. The van der Waals surface area contributed by atoms with Crippen LogP contribution in [0.2, 0.25) is 0 Å². The average molecular weight is 364 g/mol. The standard InChI is InChI=1S/C21H16O6/c1-26-20-12-13(3-9-17(20)23)2-8-16(22)14-4-6-15(7-5-14)18-10-11-19(27-18)21(24)25/h2-12,23H,1H3,(H,24,25)/b8-2+. The molecule has 0 spiro atoms. The summed E-state index contributed by atoms with van der Waals surface area (Å²) in [5.41, 5.74) is 1.86. The number of carbonyl (C=O) groups excluding carboxylic acids is 1. The van der Waals surface area contributed by atoms with E-state index in [0.717, 1.165) is 0 Å². The molecule has 2 N–H and O–H groups in total. The number of aromatic carboxylic acids is 1. The molecule has 0 radical (unpaired) electrons. The van der Waals surface area contributed by atoms with Gasteiger partial charge in [0.2, 0.25) is 5.76 Å². The number of aromatic hydroxyl groups is 1. The fourth-order valence-corrected chi connectivity index (χ4v) is 2.47. The van der Waals surface area contributed by atoms with E-state index in [4.69, 9.17) is 14.3 Å². The van der Waals surface area contributed by atoms with E-state index in [-0.39, 0.29) is 17.3 Å². The van der Waals surface area contributed by atoms with Gasteiger partial charge >= 0.3 is 5.97 Å². The van der Waals surface area contributed by atoms with E-state index in [2.05, 4.69) is 0 Å². The maximum absolute atomic E-state index is 12.3. The van der Waals surface area contributed by atoms with E-state index in [1.165, 1.54) is 25.3 Å². The Morgan fingerprint density at radius 2 is 1.78 bits per heavy atom. The van der Waals surface area contributed by atoms with Gasteiger partial charge in [-0.2, -0.15) is 0 Å². The average Bonchev–Trinajstić information content (AvgIpc) is 3.18. The lowest BCUT2D eigenvalue weighted by molar-refractivity contribution is 0.0663. The predicted octanol–water partition coefficient (Wildman–Crippen LogP) is 4.26. The Morgan fingerprint density at radius 1 is 1.04 bits per heavy atom. The Bertz CT molecular complexity index is 1010. The van der Waals surface area contributed by atoms with Crippen LogP contribution in [0.5, 0.6) is 11.5 Å². The summed E-state index contributed by atoms with van der Waals surface area (Å²) >= 11 is 0. The second-order valence-corrected chi connectivity index (χ2v) is 5.68. The topological polar surface area (TPSA) is 97.0 Å². The second kappa shape index (κ2) is 7.61. The molecule has 0 bridgehead atoms. The summed E-state index contributed by atoms with van der Waals surface area (Å²) in [7, 11) is 1.45. The van der Waals surface area contributed by atoms with Crippen molar-refractivity contribution in [2.75, 3.05) is 7.11 Å². The molecule has 0 aliphatic carbocycles. The van der Waals surface area contributed by atoms with Gasteiger partial charge in [-0.1, -0.05) is 36.4 Å². The molecule has 2 aromatic carbocycles. The quantitative estimate of drug-likeness (QED) is 0.501. The summed E-state index contributed by atoms with van der Waals surface area (Å²) in [5.74, 6) is -0.701. The molecule has 6 heteroatoms. The van der Waals surface area contributed by atoms with Gasteiger partial charge < -0.3 is 19.4 Å². The van der Waals surface area contributed by atoms with E-state index in [9.17, 15) is 14.7 Å². The summed E-state index contributed by atoms with van der Waals surface area (Å²) in [5, 5.41) is 18.5. The van der Waals surface area contributed by atoms with Gasteiger partial charge in [0.1, 0.15) is 5.76 Å². The summed E-state index contributed by atoms with van der Waals surface area (Å²) < 4.78 is 10.3. The summed E-state index contributed by atoms with van der Waals surface area (Å²) in [6.07, 6.45) is 3.06. The van der Waals surface area contributed by atoms with Crippen molar-refractivity contribution in [3.63, 3.8) is 0 Å². The van der Waals surface area contributed by atoms with Crippen molar-refractivity contribution in [3.05, 3.63) is 77.6 Å². The molecule has 1 heterocycles. The van der Waals surface area contributed by atoms with Crippen LogP contribution in [0.4, 0.5) is 0 Å². The Balaban J connectivity index is 1.74. The van der Waals surface area contributed by atoms with E-state index in [1.807, 2.05) is 0 Å².